The summed E-state index contributed by atoms with van der Waals surface area (Å²) in [4.78, 5) is 17.7. The third-order valence-electron chi connectivity index (χ3n) is 4.98. The second kappa shape index (κ2) is 8.26. The highest BCUT2D eigenvalue weighted by Crippen LogP contribution is 2.34. The van der Waals surface area contributed by atoms with Crippen molar-refractivity contribution in [2.75, 3.05) is 13.1 Å². The van der Waals surface area contributed by atoms with Gasteiger partial charge in [0.1, 0.15) is 0 Å². The van der Waals surface area contributed by atoms with Gasteiger partial charge in [0.25, 0.3) is 5.91 Å². The second-order valence-corrected chi connectivity index (χ2v) is 7.62. The zero-order valence-electron chi connectivity index (χ0n) is 14.1. The van der Waals surface area contributed by atoms with E-state index in [1.165, 1.54) is 4.90 Å². The number of nitrogens with zero attached hydrogens (tertiary/aromatic N) is 1. The molecule has 2 saturated heterocycles. The molecule has 0 radical (unpaired) electrons. The van der Waals surface area contributed by atoms with Crippen molar-refractivity contribution >= 4 is 30.1 Å². The lowest BCUT2D eigenvalue weighted by atomic mass is 10.1. The Kier molecular flexibility index (Phi) is 6.05. The number of nitrogens with one attached hydrogen (secondary N) is 1. The van der Waals surface area contributed by atoms with Crippen LogP contribution in [0, 0.1) is 0 Å². The lowest BCUT2D eigenvalue weighted by Crippen LogP contribution is -2.42. The van der Waals surface area contributed by atoms with Crippen molar-refractivity contribution < 1.29 is 4.79 Å². The Morgan fingerprint density at radius 3 is 2.52 bits per heavy atom. The Hall–Kier alpha value is -1.49. The predicted molar refractivity (Wildman–Crippen MR) is 105 cm³/mol. The molecule has 2 aromatic carbocycles. The molecule has 5 heteroatoms. The molecule has 0 saturated carbocycles. The largest absolute Gasteiger partial charge is 0.331 e. The molecule has 1 N–H and O–H groups in total. The predicted octanol–water partition coefficient (Wildman–Crippen LogP) is 4.23. The van der Waals surface area contributed by atoms with Crippen molar-refractivity contribution in [1.29, 1.82) is 0 Å². The van der Waals surface area contributed by atoms with E-state index in [-0.39, 0.29) is 18.3 Å². The topological polar surface area (TPSA) is 32.3 Å². The Labute approximate surface area is 159 Å². The SMILES string of the molecule is Cl.O=C(c1ccccc1Sc1ccccc1)N1C2CCNCC1CC2. The monoisotopic (exact) mass is 374 g/mol. The number of hydrogen-bond acceptors (Lipinski definition) is 3. The van der Waals surface area contributed by atoms with Crippen LogP contribution in [-0.2, 0) is 0 Å². The standard InChI is InChI=1S/C20H22N2OS.ClH/c23-20(22-15-10-11-16(22)14-21-13-12-15)18-8-4-5-9-19(18)24-17-6-2-1-3-7-17;/h1-9,15-16,21H,10-14H2;1H. The van der Waals surface area contributed by atoms with Gasteiger partial charge < -0.3 is 10.2 Å². The first-order valence-corrected chi connectivity index (χ1v) is 9.50. The number of amides is 1. The van der Waals surface area contributed by atoms with Crippen LogP contribution in [0.2, 0.25) is 0 Å². The summed E-state index contributed by atoms with van der Waals surface area (Å²) in [5.74, 6) is 0.199. The van der Waals surface area contributed by atoms with Crippen LogP contribution >= 0.6 is 24.2 Å². The van der Waals surface area contributed by atoms with E-state index in [0.29, 0.717) is 12.1 Å². The highest BCUT2D eigenvalue weighted by Gasteiger charge is 2.38. The average molecular weight is 375 g/mol. The molecular formula is C20H23ClN2OS. The number of fused-ring (bicyclic) bond motifs is 2. The fourth-order valence-corrected chi connectivity index (χ4v) is 4.76. The van der Waals surface area contributed by atoms with Gasteiger partial charge in [-0.2, -0.15) is 0 Å². The number of carbonyl (C=O) groups excluding carboxylic acids is 1. The Morgan fingerprint density at radius 1 is 0.960 bits per heavy atom. The van der Waals surface area contributed by atoms with Crippen LogP contribution in [0.15, 0.2) is 64.4 Å². The molecule has 0 aromatic heterocycles. The van der Waals surface area contributed by atoms with Crippen LogP contribution in [0.5, 0.6) is 0 Å². The Morgan fingerprint density at radius 2 is 1.68 bits per heavy atom. The summed E-state index contributed by atoms with van der Waals surface area (Å²) in [6.07, 6.45) is 3.33. The first-order chi connectivity index (χ1) is 11.8. The normalized spacial score (nSPS) is 22.2. The van der Waals surface area contributed by atoms with Crippen molar-refractivity contribution in [2.24, 2.45) is 0 Å². The number of halogens is 1. The fraction of sp³-hybridized carbons (Fsp3) is 0.350. The van der Waals surface area contributed by atoms with E-state index >= 15 is 0 Å². The highest BCUT2D eigenvalue weighted by atomic mass is 35.5. The molecule has 0 spiro atoms. The summed E-state index contributed by atoms with van der Waals surface area (Å²) < 4.78 is 0. The van der Waals surface area contributed by atoms with Crippen LogP contribution < -0.4 is 5.32 Å². The van der Waals surface area contributed by atoms with Gasteiger partial charge in [-0.15, -0.1) is 12.4 Å². The third kappa shape index (κ3) is 3.86. The molecular weight excluding hydrogens is 352 g/mol. The number of hydrogen-bond donors (Lipinski definition) is 1. The van der Waals surface area contributed by atoms with Crippen LogP contribution in [0.4, 0.5) is 0 Å². The van der Waals surface area contributed by atoms with Crippen molar-refractivity contribution in [3.63, 3.8) is 0 Å². The molecule has 4 rings (SSSR count). The van der Waals surface area contributed by atoms with E-state index < -0.39 is 0 Å². The van der Waals surface area contributed by atoms with Crippen molar-refractivity contribution in [2.45, 2.75) is 41.1 Å². The van der Waals surface area contributed by atoms with Gasteiger partial charge in [0.05, 0.1) is 5.56 Å². The molecule has 132 valence electrons. The molecule has 2 heterocycles. The molecule has 25 heavy (non-hydrogen) atoms. The average Bonchev–Trinajstić information content (AvgIpc) is 2.88. The summed E-state index contributed by atoms with van der Waals surface area (Å²) in [5.41, 5.74) is 0.838. The van der Waals surface area contributed by atoms with Crippen molar-refractivity contribution in [3.05, 3.63) is 60.2 Å². The minimum Gasteiger partial charge on any atom is -0.331 e. The smallest absolute Gasteiger partial charge is 0.255 e. The van der Waals surface area contributed by atoms with Gasteiger partial charge in [-0.05, 0) is 50.1 Å². The first kappa shape index (κ1) is 18.3. The number of carbonyl (C=O) groups is 1. The lowest BCUT2D eigenvalue weighted by molar-refractivity contribution is 0.0676. The Balaban J connectivity index is 0.00000182. The van der Waals surface area contributed by atoms with Crippen molar-refractivity contribution in [3.8, 4) is 0 Å². The molecule has 2 aromatic rings. The van der Waals surface area contributed by atoms with Gasteiger partial charge >= 0.3 is 0 Å². The highest BCUT2D eigenvalue weighted by molar-refractivity contribution is 7.99. The molecule has 2 atom stereocenters. The molecule has 3 nitrogen and oxygen atoms in total. The van der Waals surface area contributed by atoms with E-state index in [9.17, 15) is 4.79 Å². The fourth-order valence-electron chi connectivity index (χ4n) is 3.80. The maximum absolute atomic E-state index is 13.3. The maximum Gasteiger partial charge on any atom is 0.255 e. The molecule has 2 bridgehead atoms. The van der Waals surface area contributed by atoms with Gasteiger partial charge in [0.15, 0.2) is 0 Å². The third-order valence-corrected chi connectivity index (χ3v) is 6.06. The minimum absolute atomic E-state index is 0. The van der Waals surface area contributed by atoms with E-state index in [1.807, 2.05) is 36.4 Å². The maximum atomic E-state index is 13.3. The zero-order chi connectivity index (χ0) is 16.4. The first-order valence-electron chi connectivity index (χ1n) is 8.68. The molecule has 0 aliphatic carbocycles. The van der Waals surface area contributed by atoms with Gasteiger partial charge in [0.2, 0.25) is 0 Å². The van der Waals surface area contributed by atoms with Crippen molar-refractivity contribution in [1.82, 2.24) is 10.2 Å². The molecule has 2 unspecified atom stereocenters. The van der Waals surface area contributed by atoms with E-state index in [2.05, 4.69) is 28.4 Å². The number of benzene rings is 2. The molecule has 2 aliphatic heterocycles. The van der Waals surface area contributed by atoms with E-state index in [4.69, 9.17) is 0 Å². The van der Waals surface area contributed by atoms with E-state index in [1.54, 1.807) is 11.8 Å². The van der Waals surface area contributed by atoms with Crippen LogP contribution in [0.25, 0.3) is 0 Å². The van der Waals surface area contributed by atoms with E-state index in [0.717, 1.165) is 42.8 Å². The summed E-state index contributed by atoms with van der Waals surface area (Å²) in [7, 11) is 0. The summed E-state index contributed by atoms with van der Waals surface area (Å²) in [6, 6.07) is 19.0. The summed E-state index contributed by atoms with van der Waals surface area (Å²) in [5, 5.41) is 3.47. The second-order valence-electron chi connectivity index (χ2n) is 6.50. The minimum atomic E-state index is 0. The Bertz CT molecular complexity index is 711. The van der Waals surface area contributed by atoms with Gasteiger partial charge in [-0.1, -0.05) is 42.1 Å². The lowest BCUT2D eigenvalue weighted by Gasteiger charge is -2.28. The van der Waals surface area contributed by atoms with Gasteiger partial charge in [-0.25, -0.2) is 0 Å². The van der Waals surface area contributed by atoms with Gasteiger partial charge in [-0.3, -0.25) is 4.79 Å². The molecule has 1 amide bonds. The zero-order valence-corrected chi connectivity index (χ0v) is 15.7. The van der Waals surface area contributed by atoms with Crippen LogP contribution in [0.1, 0.15) is 29.6 Å². The van der Waals surface area contributed by atoms with Gasteiger partial charge in [0, 0.05) is 28.4 Å². The van der Waals surface area contributed by atoms with Crippen LogP contribution in [-0.4, -0.2) is 36.0 Å². The summed E-state index contributed by atoms with van der Waals surface area (Å²) in [6.45, 7) is 1.95. The number of rotatable bonds is 3. The molecule has 2 fully saturated rings. The molecule has 2 aliphatic rings. The summed E-state index contributed by atoms with van der Waals surface area (Å²) >= 11 is 1.67. The quantitative estimate of drug-likeness (QED) is 0.872. The van der Waals surface area contributed by atoms with Crippen LogP contribution in [0.3, 0.4) is 0 Å².